The quantitative estimate of drug-likeness (QED) is 0.427. The van der Waals surface area contributed by atoms with E-state index in [1.165, 1.54) is 18.2 Å². The van der Waals surface area contributed by atoms with Crippen LogP contribution in [0.4, 0.5) is 5.69 Å². The Balaban J connectivity index is 1.85. The van der Waals surface area contributed by atoms with E-state index in [2.05, 4.69) is 10.4 Å². The van der Waals surface area contributed by atoms with Gasteiger partial charge in [0.2, 0.25) is 0 Å². The van der Waals surface area contributed by atoms with E-state index >= 15 is 0 Å². The van der Waals surface area contributed by atoms with Gasteiger partial charge in [0.15, 0.2) is 5.82 Å². The molecule has 1 amide bonds. The first kappa shape index (κ1) is 18.1. The van der Waals surface area contributed by atoms with Gasteiger partial charge >= 0.3 is 0 Å². The molecule has 3 aromatic carbocycles. The summed E-state index contributed by atoms with van der Waals surface area (Å²) in [5, 5.41) is 11.3. The highest BCUT2D eigenvalue weighted by Crippen LogP contribution is 2.18. The fraction of sp³-hybridized carbons (Fsp3) is 0. The molecule has 0 aliphatic heterocycles. The van der Waals surface area contributed by atoms with Gasteiger partial charge in [0.1, 0.15) is 0 Å². The van der Waals surface area contributed by atoms with Gasteiger partial charge in [0, 0.05) is 23.3 Å². The van der Waals surface area contributed by atoms with Gasteiger partial charge in [-0.05, 0) is 18.2 Å². The van der Waals surface area contributed by atoms with Gasteiger partial charge in [0.05, 0.1) is 15.8 Å². The average Bonchev–Trinajstić information content (AvgIpc) is 2.76. The summed E-state index contributed by atoms with van der Waals surface area (Å²) in [7, 11) is 0. The van der Waals surface area contributed by atoms with Crippen molar-refractivity contribution in [1.82, 2.24) is 9.66 Å². The van der Waals surface area contributed by atoms with Crippen molar-refractivity contribution >= 4 is 22.5 Å². The Kier molecular flexibility index (Phi) is 4.58. The van der Waals surface area contributed by atoms with E-state index in [0.29, 0.717) is 16.5 Å². The van der Waals surface area contributed by atoms with Crippen molar-refractivity contribution in [2.75, 3.05) is 5.43 Å². The molecule has 1 aromatic heterocycles. The van der Waals surface area contributed by atoms with Gasteiger partial charge in [-0.2, -0.15) is 4.68 Å². The predicted molar refractivity (Wildman–Crippen MR) is 108 cm³/mol. The molecule has 0 fully saturated rings. The van der Waals surface area contributed by atoms with Gasteiger partial charge in [-0.25, -0.2) is 4.98 Å². The van der Waals surface area contributed by atoms with Crippen LogP contribution < -0.4 is 11.0 Å². The smallest absolute Gasteiger partial charge is 0.267 e. The number of para-hydroxylation sites is 1. The highest BCUT2D eigenvalue weighted by molar-refractivity contribution is 6.00. The number of hydrogen-bond acceptors (Lipinski definition) is 5. The first-order valence-electron chi connectivity index (χ1n) is 8.67. The molecule has 29 heavy (non-hydrogen) atoms. The molecule has 0 aliphatic carbocycles. The molecule has 0 saturated heterocycles. The van der Waals surface area contributed by atoms with Crippen molar-refractivity contribution in [3.63, 3.8) is 0 Å². The van der Waals surface area contributed by atoms with E-state index in [1.807, 2.05) is 6.07 Å². The fourth-order valence-electron chi connectivity index (χ4n) is 2.94. The molecular formula is C21H14N4O4. The number of nitro groups is 1. The summed E-state index contributed by atoms with van der Waals surface area (Å²) in [6.45, 7) is 0. The zero-order chi connectivity index (χ0) is 20.4. The Morgan fingerprint density at radius 2 is 1.69 bits per heavy atom. The molecule has 1 heterocycles. The van der Waals surface area contributed by atoms with Crippen LogP contribution in [0.5, 0.6) is 0 Å². The maximum Gasteiger partial charge on any atom is 0.280 e. The number of non-ortho nitro benzene ring substituents is 1. The van der Waals surface area contributed by atoms with Gasteiger partial charge in [-0.3, -0.25) is 25.1 Å². The van der Waals surface area contributed by atoms with Gasteiger partial charge in [0.25, 0.3) is 17.2 Å². The van der Waals surface area contributed by atoms with Crippen LogP contribution in [-0.4, -0.2) is 20.5 Å². The maximum atomic E-state index is 13.1. The van der Waals surface area contributed by atoms with Crippen molar-refractivity contribution in [1.29, 1.82) is 0 Å². The van der Waals surface area contributed by atoms with Crippen molar-refractivity contribution in [2.24, 2.45) is 0 Å². The van der Waals surface area contributed by atoms with Crippen molar-refractivity contribution in [3.05, 3.63) is 105 Å². The first-order valence-corrected chi connectivity index (χ1v) is 8.67. The topological polar surface area (TPSA) is 107 Å². The Labute approximate surface area is 164 Å². The minimum Gasteiger partial charge on any atom is -0.267 e. The van der Waals surface area contributed by atoms with Gasteiger partial charge < -0.3 is 0 Å². The number of nitrogens with zero attached hydrogens (tertiary/aromatic N) is 3. The first-order chi connectivity index (χ1) is 14.0. The second kappa shape index (κ2) is 7.35. The normalized spacial score (nSPS) is 10.6. The van der Waals surface area contributed by atoms with Gasteiger partial charge in [-0.15, -0.1) is 0 Å². The third kappa shape index (κ3) is 3.46. The number of carbonyl (C=O) groups is 1. The van der Waals surface area contributed by atoms with Crippen LogP contribution in [0.25, 0.3) is 22.3 Å². The van der Waals surface area contributed by atoms with Crippen LogP contribution >= 0.6 is 0 Å². The lowest BCUT2D eigenvalue weighted by Gasteiger charge is -2.14. The summed E-state index contributed by atoms with van der Waals surface area (Å²) >= 11 is 0. The third-order valence-corrected chi connectivity index (χ3v) is 4.34. The van der Waals surface area contributed by atoms with Gasteiger partial charge in [-0.1, -0.05) is 48.5 Å². The summed E-state index contributed by atoms with van der Waals surface area (Å²) in [5.41, 5.74) is 3.05. The maximum absolute atomic E-state index is 13.1. The van der Waals surface area contributed by atoms with E-state index in [4.69, 9.17) is 0 Å². The number of nitrogens with one attached hydrogen (secondary N) is 1. The number of nitro benzene ring substituents is 1. The largest absolute Gasteiger partial charge is 0.280 e. The lowest BCUT2D eigenvalue weighted by molar-refractivity contribution is -0.384. The molecule has 4 aromatic rings. The molecule has 0 bridgehead atoms. The Morgan fingerprint density at radius 1 is 0.966 bits per heavy atom. The van der Waals surface area contributed by atoms with Crippen LogP contribution in [0.15, 0.2) is 83.7 Å². The average molecular weight is 386 g/mol. The number of benzene rings is 3. The lowest BCUT2D eigenvalue weighted by atomic mass is 10.2. The van der Waals surface area contributed by atoms with Crippen molar-refractivity contribution < 1.29 is 9.72 Å². The van der Waals surface area contributed by atoms with Crippen LogP contribution in [0.2, 0.25) is 0 Å². The molecular weight excluding hydrogens is 372 g/mol. The summed E-state index contributed by atoms with van der Waals surface area (Å²) in [4.78, 5) is 40.7. The van der Waals surface area contributed by atoms with Crippen molar-refractivity contribution in [3.8, 4) is 11.4 Å². The molecule has 142 valence electrons. The van der Waals surface area contributed by atoms with Crippen molar-refractivity contribution in [2.45, 2.75) is 0 Å². The molecule has 0 saturated carbocycles. The van der Waals surface area contributed by atoms with E-state index in [9.17, 15) is 19.7 Å². The standard InChI is InChI=1S/C21H14N4O4/c26-20(15-9-6-10-16(13-15)25(28)29)23-24-19(14-7-2-1-3-8-14)22-18-12-5-4-11-17(18)21(24)27/h1-13H,(H,23,26). The summed E-state index contributed by atoms with van der Waals surface area (Å²) in [5.74, 6) is -0.404. The van der Waals surface area contributed by atoms with E-state index in [0.717, 1.165) is 10.7 Å². The molecule has 0 unspecified atom stereocenters. The molecule has 8 heteroatoms. The lowest BCUT2D eigenvalue weighted by Crippen LogP contribution is -2.35. The zero-order valence-corrected chi connectivity index (χ0v) is 15.0. The highest BCUT2D eigenvalue weighted by Gasteiger charge is 2.17. The second-order valence-corrected chi connectivity index (χ2v) is 6.21. The van der Waals surface area contributed by atoms with Crippen LogP contribution in [0.3, 0.4) is 0 Å². The minimum absolute atomic E-state index is 0.0540. The van der Waals surface area contributed by atoms with E-state index in [1.54, 1.807) is 48.5 Å². The SMILES string of the molecule is O=C(Nn1c(-c2ccccc2)nc2ccccc2c1=O)c1cccc([N+](=O)[O-])c1. The monoisotopic (exact) mass is 386 g/mol. The molecule has 0 radical (unpaired) electrons. The number of hydrogen-bond donors (Lipinski definition) is 1. The summed E-state index contributed by atoms with van der Waals surface area (Å²) in [6, 6.07) is 21.1. The number of fused-ring (bicyclic) bond motifs is 1. The molecule has 4 rings (SSSR count). The molecule has 0 atom stereocenters. The Morgan fingerprint density at radius 3 is 2.45 bits per heavy atom. The number of amides is 1. The fourth-order valence-corrected chi connectivity index (χ4v) is 2.94. The van der Waals surface area contributed by atoms with Crippen LogP contribution in [-0.2, 0) is 0 Å². The molecule has 0 spiro atoms. The minimum atomic E-state index is -0.662. The summed E-state index contributed by atoms with van der Waals surface area (Å²) in [6.07, 6.45) is 0. The summed E-state index contributed by atoms with van der Waals surface area (Å²) < 4.78 is 1.07. The Hall–Kier alpha value is -4.33. The highest BCUT2D eigenvalue weighted by atomic mass is 16.6. The molecule has 0 aliphatic rings. The number of rotatable bonds is 4. The predicted octanol–water partition coefficient (Wildman–Crippen LogP) is 3.36. The zero-order valence-electron chi connectivity index (χ0n) is 15.0. The Bertz CT molecular complexity index is 1300. The molecule has 8 nitrogen and oxygen atoms in total. The van der Waals surface area contributed by atoms with E-state index < -0.39 is 16.4 Å². The molecule has 1 N–H and O–H groups in total. The second-order valence-electron chi connectivity index (χ2n) is 6.21. The third-order valence-electron chi connectivity index (χ3n) is 4.34. The van der Waals surface area contributed by atoms with Crippen LogP contribution in [0, 0.1) is 10.1 Å². The number of carbonyl (C=O) groups excluding carboxylic acids is 1. The van der Waals surface area contributed by atoms with Crippen LogP contribution in [0.1, 0.15) is 10.4 Å². The number of aromatic nitrogens is 2. The van der Waals surface area contributed by atoms with E-state index in [-0.39, 0.29) is 17.1 Å².